The Labute approximate surface area is 364 Å². The molecule has 7 atom stereocenters. The summed E-state index contributed by atoms with van der Waals surface area (Å²) in [6, 6.07) is 0. The molecule has 0 bridgehead atoms. The van der Waals surface area contributed by atoms with Gasteiger partial charge in [0.25, 0.3) is 0 Å². The van der Waals surface area contributed by atoms with Crippen molar-refractivity contribution in [1.29, 1.82) is 0 Å². The van der Waals surface area contributed by atoms with Crippen LogP contribution in [0.15, 0.2) is 24.3 Å². The molecule has 60 heavy (non-hydrogen) atoms. The number of allylic oxidation sites excluding steroid dienone is 2. The van der Waals surface area contributed by atoms with Crippen molar-refractivity contribution in [2.45, 2.75) is 224 Å². The van der Waals surface area contributed by atoms with Gasteiger partial charge in [-0.05, 0) is 57.3 Å². The molecule has 352 valence electrons. The maximum atomic E-state index is 12.7. The molecule has 13 heteroatoms. The van der Waals surface area contributed by atoms with Crippen LogP contribution in [-0.4, -0.2) is 82.9 Å². The largest absolute Gasteiger partial charge is 0.472 e. The zero-order valence-electron chi connectivity index (χ0n) is 37.8. The lowest BCUT2D eigenvalue weighted by atomic mass is 9.88. The molecule has 1 unspecified atom stereocenters. The number of nitrogens with two attached hydrogens (primary N) is 1. The molecule has 1 aliphatic rings. The summed E-state index contributed by atoms with van der Waals surface area (Å²) in [6.07, 6.45) is 34.1. The first kappa shape index (κ1) is 56.4. The number of rotatable bonds is 41. The number of carbonyl (C=O) groups excluding carboxylic acids is 2. The molecule has 0 aromatic heterocycles. The van der Waals surface area contributed by atoms with E-state index >= 15 is 0 Å². The number of hydrogen-bond donors (Lipinski definition) is 5. The number of unbranched alkanes of at least 4 members (excludes halogenated alkanes) is 20. The summed E-state index contributed by atoms with van der Waals surface area (Å²) in [7, 11) is -4.44. The highest BCUT2D eigenvalue weighted by molar-refractivity contribution is 7.47. The Hall–Kier alpha value is -1.63. The van der Waals surface area contributed by atoms with Crippen LogP contribution in [0.3, 0.4) is 0 Å². The van der Waals surface area contributed by atoms with Crippen LogP contribution >= 0.6 is 7.82 Å². The van der Waals surface area contributed by atoms with Crippen LogP contribution in [0.5, 0.6) is 0 Å². The Kier molecular flexibility index (Phi) is 35.6. The normalized spacial score (nSPS) is 20.2. The lowest BCUT2D eigenvalue weighted by Gasteiger charge is -2.21. The van der Waals surface area contributed by atoms with Gasteiger partial charge in [-0.2, -0.15) is 0 Å². The summed E-state index contributed by atoms with van der Waals surface area (Å²) in [6.45, 7) is 3.40. The lowest BCUT2D eigenvalue weighted by Crippen LogP contribution is -2.29. The second kappa shape index (κ2) is 37.9. The van der Waals surface area contributed by atoms with E-state index in [0.717, 1.165) is 64.2 Å². The third kappa shape index (κ3) is 31.2. The second-order valence-electron chi connectivity index (χ2n) is 16.9. The van der Waals surface area contributed by atoms with Crippen LogP contribution in [0.4, 0.5) is 0 Å². The molecule has 0 radical (unpaired) electrons. The number of ether oxygens (including phenoxy) is 2. The predicted octanol–water partition coefficient (Wildman–Crippen LogP) is 10.3. The Morgan fingerprint density at radius 2 is 1.23 bits per heavy atom. The molecule has 0 amide bonds. The van der Waals surface area contributed by atoms with E-state index in [0.29, 0.717) is 25.7 Å². The summed E-state index contributed by atoms with van der Waals surface area (Å²) in [5.74, 6) is -1.26. The van der Waals surface area contributed by atoms with Gasteiger partial charge >= 0.3 is 19.8 Å². The van der Waals surface area contributed by atoms with E-state index in [-0.39, 0.29) is 44.4 Å². The molecule has 6 N–H and O–H groups in total. The third-order valence-electron chi connectivity index (χ3n) is 11.4. The van der Waals surface area contributed by atoms with Gasteiger partial charge < -0.3 is 35.4 Å². The predicted molar refractivity (Wildman–Crippen MR) is 240 cm³/mol. The minimum absolute atomic E-state index is 0.0194. The van der Waals surface area contributed by atoms with E-state index in [9.17, 15) is 34.4 Å². The molecule has 0 aliphatic heterocycles. The summed E-state index contributed by atoms with van der Waals surface area (Å²) in [5, 5.41) is 31.4. The highest BCUT2D eigenvalue weighted by atomic mass is 31.2. The van der Waals surface area contributed by atoms with Gasteiger partial charge in [0.1, 0.15) is 6.61 Å². The highest BCUT2D eigenvalue weighted by Crippen LogP contribution is 2.43. The van der Waals surface area contributed by atoms with E-state index in [1.165, 1.54) is 83.5 Å². The van der Waals surface area contributed by atoms with Crippen LogP contribution in [0.2, 0.25) is 0 Å². The first-order chi connectivity index (χ1) is 29.0. The van der Waals surface area contributed by atoms with E-state index < -0.39 is 50.8 Å². The Bertz CT molecular complexity index is 1150. The van der Waals surface area contributed by atoms with Gasteiger partial charge in [0, 0.05) is 31.7 Å². The highest BCUT2D eigenvalue weighted by Gasteiger charge is 2.39. The Balaban J connectivity index is 2.31. The summed E-state index contributed by atoms with van der Waals surface area (Å²) in [5.41, 5.74) is 5.36. The van der Waals surface area contributed by atoms with Crippen molar-refractivity contribution in [2.75, 3.05) is 26.4 Å². The zero-order valence-corrected chi connectivity index (χ0v) is 38.7. The summed E-state index contributed by atoms with van der Waals surface area (Å²) < 4.78 is 32.9. The molecular weight excluding hydrogens is 785 g/mol. The molecule has 1 aliphatic carbocycles. The minimum Gasteiger partial charge on any atom is -0.462 e. The van der Waals surface area contributed by atoms with Gasteiger partial charge in [-0.15, -0.1) is 0 Å². The fraction of sp³-hybridized carbons (Fsp3) is 0.872. The van der Waals surface area contributed by atoms with Gasteiger partial charge in [-0.3, -0.25) is 18.6 Å². The Morgan fingerprint density at radius 3 is 1.83 bits per heavy atom. The number of carbonyl (C=O) groups is 2. The van der Waals surface area contributed by atoms with Crippen LogP contribution in [-0.2, 0) is 32.7 Å². The maximum Gasteiger partial charge on any atom is 0.472 e. The topological polar surface area (TPSA) is 195 Å². The summed E-state index contributed by atoms with van der Waals surface area (Å²) in [4.78, 5) is 35.2. The van der Waals surface area contributed by atoms with Gasteiger partial charge in [-0.25, -0.2) is 4.57 Å². The van der Waals surface area contributed by atoms with Crippen LogP contribution in [0.1, 0.15) is 200 Å². The van der Waals surface area contributed by atoms with Crippen molar-refractivity contribution in [3.8, 4) is 0 Å². The van der Waals surface area contributed by atoms with Crippen molar-refractivity contribution in [3.63, 3.8) is 0 Å². The molecule has 0 aromatic carbocycles. The zero-order chi connectivity index (χ0) is 44.1. The SMILES string of the molecule is CCCCCCCC/C=C\CCCCCCCCCCCC(=O)OC[C@H](COP(=O)(O)OCCN)OC(=O)CCCCCC[C@@H]1[C@@H](/C=C/[C@@H](O)CCCCC)[C@H](O)C[C@@H]1O. The average molecular weight is 874 g/mol. The number of esters is 2. The van der Waals surface area contributed by atoms with Crippen molar-refractivity contribution in [1.82, 2.24) is 0 Å². The van der Waals surface area contributed by atoms with Gasteiger partial charge in [0.05, 0.1) is 31.5 Å². The molecule has 0 heterocycles. The fourth-order valence-electron chi connectivity index (χ4n) is 7.79. The van der Waals surface area contributed by atoms with E-state index in [2.05, 4.69) is 26.0 Å². The van der Waals surface area contributed by atoms with E-state index in [1.807, 2.05) is 6.08 Å². The average Bonchev–Trinajstić information content (AvgIpc) is 3.49. The monoisotopic (exact) mass is 874 g/mol. The number of hydrogen-bond acceptors (Lipinski definition) is 11. The van der Waals surface area contributed by atoms with Crippen molar-refractivity contribution < 1.29 is 52.9 Å². The van der Waals surface area contributed by atoms with Crippen molar-refractivity contribution in [2.24, 2.45) is 17.6 Å². The lowest BCUT2D eigenvalue weighted by molar-refractivity contribution is -0.161. The fourth-order valence-corrected chi connectivity index (χ4v) is 8.55. The molecule has 0 saturated heterocycles. The van der Waals surface area contributed by atoms with Gasteiger partial charge in [-0.1, -0.05) is 154 Å². The molecular formula is C47H88NO11P. The number of aliphatic hydroxyl groups is 3. The molecule has 1 rings (SSSR count). The van der Waals surface area contributed by atoms with E-state index in [1.54, 1.807) is 6.08 Å². The number of phosphoric acid groups is 1. The van der Waals surface area contributed by atoms with Gasteiger partial charge in [0.2, 0.25) is 0 Å². The number of aliphatic hydroxyl groups excluding tert-OH is 3. The van der Waals surface area contributed by atoms with E-state index in [4.69, 9.17) is 24.3 Å². The van der Waals surface area contributed by atoms with Crippen molar-refractivity contribution in [3.05, 3.63) is 24.3 Å². The third-order valence-corrected chi connectivity index (χ3v) is 12.4. The quantitative estimate of drug-likeness (QED) is 0.0169. The molecule has 1 saturated carbocycles. The first-order valence-corrected chi connectivity index (χ1v) is 25.6. The number of phosphoric ester groups is 1. The smallest absolute Gasteiger partial charge is 0.462 e. The van der Waals surface area contributed by atoms with Crippen molar-refractivity contribution >= 4 is 19.8 Å². The molecule has 0 spiro atoms. The molecule has 0 aromatic rings. The maximum absolute atomic E-state index is 12.7. The van der Waals surface area contributed by atoms with Crippen LogP contribution in [0, 0.1) is 11.8 Å². The van der Waals surface area contributed by atoms with Gasteiger partial charge in [0.15, 0.2) is 6.10 Å². The first-order valence-electron chi connectivity index (χ1n) is 24.1. The van der Waals surface area contributed by atoms with Crippen LogP contribution < -0.4 is 5.73 Å². The molecule has 12 nitrogen and oxygen atoms in total. The molecule has 1 fully saturated rings. The Morgan fingerprint density at radius 1 is 0.700 bits per heavy atom. The summed E-state index contributed by atoms with van der Waals surface area (Å²) >= 11 is 0. The standard InChI is InChI=1S/C47H88NO11P/c1-3-5-7-8-9-10-11-12-13-14-15-16-17-18-19-20-21-22-27-31-46(52)56-38-41(39-58-60(54,55)57-36-35-48)59-47(53)32-28-24-23-26-30-42-43(45(51)37-44(42)50)34-33-40(49)29-25-6-4-2/h12-13,33-34,40-45,49-51H,3-11,14-32,35-39,48H2,1-2H3,(H,54,55)/b13-12-,34-33+/t40-,41+,42+,43+,44-,45+/m0/s1. The van der Waals surface area contributed by atoms with Crippen LogP contribution in [0.25, 0.3) is 0 Å². The minimum atomic E-state index is -4.44. The second-order valence-corrected chi connectivity index (χ2v) is 18.4.